The van der Waals surface area contributed by atoms with Crippen molar-refractivity contribution in [2.75, 3.05) is 6.26 Å². The van der Waals surface area contributed by atoms with E-state index >= 15 is 0 Å². The third kappa shape index (κ3) is 2.34. The van der Waals surface area contributed by atoms with Crippen molar-refractivity contribution in [2.24, 2.45) is 0 Å². The Morgan fingerprint density at radius 2 is 2.27 bits per heavy atom. The molecular weight excluding hydrogens is 214 g/mol. The molecule has 0 aliphatic carbocycles. The second kappa shape index (κ2) is 3.63. The minimum Gasteiger partial charge on any atom is -0.241 e. The fourth-order valence-electron chi connectivity index (χ4n) is 1.33. The van der Waals surface area contributed by atoms with Gasteiger partial charge < -0.3 is 0 Å². The zero-order valence-electron chi connectivity index (χ0n) is 8.21. The van der Waals surface area contributed by atoms with Crippen LogP contribution in [0.1, 0.15) is 5.56 Å². The summed E-state index contributed by atoms with van der Waals surface area (Å²) in [6.07, 6.45) is 4.62. The predicted molar refractivity (Wildman–Crippen MR) is 56.9 cm³/mol. The maximum atomic E-state index is 10.9. The molecule has 0 bridgehead atoms. The maximum absolute atomic E-state index is 10.9. The first kappa shape index (κ1) is 10.1. The largest absolute Gasteiger partial charge is 0.241 e. The van der Waals surface area contributed by atoms with Crippen LogP contribution in [0.25, 0.3) is 5.52 Å². The Balaban J connectivity index is 2.29. The Hall–Kier alpha value is -1.40. The van der Waals surface area contributed by atoms with Crippen LogP contribution in [-0.4, -0.2) is 24.3 Å². The highest BCUT2D eigenvalue weighted by atomic mass is 32.2. The van der Waals surface area contributed by atoms with Crippen LogP contribution in [-0.2, 0) is 16.6 Å². The highest BCUT2D eigenvalue weighted by Gasteiger charge is 2.05. The number of rotatable bonds is 3. The van der Waals surface area contributed by atoms with E-state index in [9.17, 15) is 8.42 Å². The Morgan fingerprint density at radius 1 is 1.47 bits per heavy atom. The van der Waals surface area contributed by atoms with Gasteiger partial charge in [0.15, 0.2) is 0 Å². The van der Waals surface area contributed by atoms with Gasteiger partial charge in [-0.25, -0.2) is 17.7 Å². The van der Waals surface area contributed by atoms with Gasteiger partial charge in [-0.1, -0.05) is 6.07 Å². The Kier molecular flexibility index (Phi) is 2.45. The molecule has 1 N–H and O–H groups in total. The van der Waals surface area contributed by atoms with E-state index in [4.69, 9.17) is 0 Å². The molecule has 0 saturated heterocycles. The standard InChI is InChI=1S/C9H11N3O2S/c1-15(13,14)11-7-8-6-10-12-5-3-2-4-9(8)12/h2-6,11H,7H2,1H3. The van der Waals surface area contributed by atoms with Crippen LogP contribution in [0.4, 0.5) is 0 Å². The predicted octanol–water partition coefficient (Wildman–Crippen LogP) is 0.383. The van der Waals surface area contributed by atoms with E-state index in [1.807, 2.05) is 24.4 Å². The second-order valence-corrected chi connectivity index (χ2v) is 5.13. The maximum Gasteiger partial charge on any atom is 0.209 e. The quantitative estimate of drug-likeness (QED) is 0.821. The molecule has 6 heteroatoms. The summed E-state index contributed by atoms with van der Waals surface area (Å²) in [5, 5.41) is 4.10. The highest BCUT2D eigenvalue weighted by Crippen LogP contribution is 2.09. The summed E-state index contributed by atoms with van der Waals surface area (Å²) >= 11 is 0. The van der Waals surface area contributed by atoms with E-state index in [1.54, 1.807) is 10.7 Å². The first-order chi connectivity index (χ1) is 7.06. The number of pyridine rings is 1. The minimum absolute atomic E-state index is 0.270. The lowest BCUT2D eigenvalue weighted by atomic mass is 10.3. The second-order valence-electron chi connectivity index (χ2n) is 3.29. The van der Waals surface area contributed by atoms with E-state index in [-0.39, 0.29) is 6.54 Å². The van der Waals surface area contributed by atoms with Crippen molar-refractivity contribution in [3.8, 4) is 0 Å². The summed E-state index contributed by atoms with van der Waals surface area (Å²) in [6.45, 7) is 0.270. The van der Waals surface area contributed by atoms with Gasteiger partial charge in [0.05, 0.1) is 18.0 Å². The van der Waals surface area contributed by atoms with Crippen molar-refractivity contribution < 1.29 is 8.42 Å². The average molecular weight is 225 g/mol. The molecule has 0 saturated carbocycles. The molecule has 0 unspecified atom stereocenters. The topological polar surface area (TPSA) is 63.5 Å². The van der Waals surface area contributed by atoms with E-state index in [2.05, 4.69) is 9.82 Å². The molecule has 0 atom stereocenters. The van der Waals surface area contributed by atoms with Gasteiger partial charge in [0.25, 0.3) is 0 Å². The number of hydrogen-bond donors (Lipinski definition) is 1. The zero-order chi connectivity index (χ0) is 10.9. The smallest absolute Gasteiger partial charge is 0.209 e. The minimum atomic E-state index is -3.16. The SMILES string of the molecule is CS(=O)(=O)NCc1cnn2ccccc12. The molecule has 80 valence electrons. The van der Waals surface area contributed by atoms with Gasteiger partial charge in [-0.2, -0.15) is 5.10 Å². The van der Waals surface area contributed by atoms with Gasteiger partial charge in [0, 0.05) is 18.3 Å². The summed E-state index contributed by atoms with van der Waals surface area (Å²) in [5.74, 6) is 0. The van der Waals surface area contributed by atoms with Crippen LogP contribution >= 0.6 is 0 Å². The van der Waals surface area contributed by atoms with Crippen molar-refractivity contribution in [3.63, 3.8) is 0 Å². The number of hydrogen-bond acceptors (Lipinski definition) is 3. The lowest BCUT2D eigenvalue weighted by Crippen LogP contribution is -2.21. The van der Waals surface area contributed by atoms with Crippen LogP contribution in [0.5, 0.6) is 0 Å². The molecule has 2 aromatic heterocycles. The molecule has 2 heterocycles. The summed E-state index contributed by atoms with van der Waals surface area (Å²) < 4.78 is 26.0. The van der Waals surface area contributed by atoms with Gasteiger partial charge >= 0.3 is 0 Å². The van der Waals surface area contributed by atoms with E-state index in [0.29, 0.717) is 0 Å². The number of fused-ring (bicyclic) bond motifs is 1. The molecular formula is C9H11N3O2S. The van der Waals surface area contributed by atoms with Crippen LogP contribution in [0, 0.1) is 0 Å². The molecule has 0 radical (unpaired) electrons. The molecule has 0 spiro atoms. The van der Waals surface area contributed by atoms with Crippen LogP contribution in [0.3, 0.4) is 0 Å². The molecule has 2 aromatic rings. The fraction of sp³-hybridized carbons (Fsp3) is 0.222. The molecule has 5 nitrogen and oxygen atoms in total. The van der Waals surface area contributed by atoms with Crippen molar-refractivity contribution >= 4 is 15.5 Å². The first-order valence-electron chi connectivity index (χ1n) is 4.42. The molecule has 0 aromatic carbocycles. The normalized spacial score (nSPS) is 12.1. The van der Waals surface area contributed by atoms with Gasteiger partial charge in [0.2, 0.25) is 10.0 Å². The average Bonchev–Trinajstić information content (AvgIpc) is 2.57. The van der Waals surface area contributed by atoms with Crippen molar-refractivity contribution in [1.29, 1.82) is 0 Å². The third-order valence-electron chi connectivity index (χ3n) is 2.03. The van der Waals surface area contributed by atoms with Crippen LogP contribution in [0.2, 0.25) is 0 Å². The molecule has 0 aliphatic rings. The lowest BCUT2D eigenvalue weighted by molar-refractivity contribution is 0.588. The molecule has 0 amide bonds. The number of nitrogens with one attached hydrogen (secondary N) is 1. The number of sulfonamides is 1. The van der Waals surface area contributed by atoms with Crippen LogP contribution in [0.15, 0.2) is 30.6 Å². The first-order valence-corrected chi connectivity index (χ1v) is 6.31. The molecule has 15 heavy (non-hydrogen) atoms. The summed E-state index contributed by atoms with van der Waals surface area (Å²) in [7, 11) is -3.16. The van der Waals surface area contributed by atoms with Gasteiger partial charge in [0.1, 0.15) is 0 Å². The summed E-state index contributed by atoms with van der Waals surface area (Å²) in [5.41, 5.74) is 1.77. The zero-order valence-corrected chi connectivity index (χ0v) is 9.03. The van der Waals surface area contributed by atoms with Gasteiger partial charge in [-0.3, -0.25) is 0 Å². The Morgan fingerprint density at radius 3 is 3.00 bits per heavy atom. The molecule has 0 fully saturated rings. The van der Waals surface area contributed by atoms with Crippen LogP contribution < -0.4 is 4.72 Å². The number of aromatic nitrogens is 2. The van der Waals surface area contributed by atoms with E-state index in [1.165, 1.54) is 0 Å². The van der Waals surface area contributed by atoms with Crippen molar-refractivity contribution in [1.82, 2.24) is 14.3 Å². The van der Waals surface area contributed by atoms with Crippen molar-refractivity contribution in [3.05, 3.63) is 36.2 Å². The Bertz CT molecular complexity index is 574. The Labute approximate surface area is 87.8 Å². The fourth-order valence-corrected chi connectivity index (χ4v) is 1.75. The van der Waals surface area contributed by atoms with E-state index in [0.717, 1.165) is 17.3 Å². The molecule has 0 aliphatic heterocycles. The third-order valence-corrected chi connectivity index (χ3v) is 2.70. The monoisotopic (exact) mass is 225 g/mol. The summed E-state index contributed by atoms with van der Waals surface area (Å²) in [4.78, 5) is 0. The highest BCUT2D eigenvalue weighted by molar-refractivity contribution is 7.88. The van der Waals surface area contributed by atoms with E-state index < -0.39 is 10.0 Å². The van der Waals surface area contributed by atoms with Gasteiger partial charge in [-0.15, -0.1) is 0 Å². The number of nitrogens with zero attached hydrogens (tertiary/aromatic N) is 2. The van der Waals surface area contributed by atoms with Gasteiger partial charge in [-0.05, 0) is 12.1 Å². The lowest BCUT2D eigenvalue weighted by Gasteiger charge is -2.00. The molecule has 2 rings (SSSR count). The summed E-state index contributed by atoms with van der Waals surface area (Å²) in [6, 6.07) is 5.65. The van der Waals surface area contributed by atoms with Crippen molar-refractivity contribution in [2.45, 2.75) is 6.54 Å².